The number of hydrogen-bond acceptors (Lipinski definition) is 4. The molecule has 1 aliphatic heterocycles. The predicted octanol–water partition coefficient (Wildman–Crippen LogP) is 2.45. The minimum absolute atomic E-state index is 0.150. The fraction of sp³-hybridized carbons (Fsp3) is 0.500. The maximum Gasteiger partial charge on any atom is 0.376 e. The molecule has 1 heterocycles. The first-order valence-electron chi connectivity index (χ1n) is 6.81. The summed E-state index contributed by atoms with van der Waals surface area (Å²) in [5, 5.41) is 9.60. The molecule has 0 aromatic heterocycles. The molecule has 1 aromatic carbocycles. The molecule has 6 heteroatoms. The van der Waals surface area contributed by atoms with Crippen molar-refractivity contribution in [2.75, 3.05) is 13.1 Å². The largest absolute Gasteiger partial charge is 0.437 e. The number of nitrogens with zero attached hydrogens (tertiary/aromatic N) is 1. The summed E-state index contributed by atoms with van der Waals surface area (Å²) >= 11 is 1.52. The van der Waals surface area contributed by atoms with E-state index in [2.05, 4.69) is 0 Å². The number of benzene rings is 1. The second-order valence-corrected chi connectivity index (χ2v) is 6.73. The van der Waals surface area contributed by atoms with Crippen molar-refractivity contribution in [3.05, 3.63) is 30.1 Å². The van der Waals surface area contributed by atoms with Crippen molar-refractivity contribution in [1.82, 2.24) is 4.81 Å². The molecule has 0 aliphatic carbocycles. The summed E-state index contributed by atoms with van der Waals surface area (Å²) in [6.45, 7) is 4.76. The van der Waals surface area contributed by atoms with Crippen molar-refractivity contribution >= 4 is 24.6 Å². The first kappa shape index (κ1) is 15.5. The number of carbonyl (C=O) groups excluding carboxylic acids is 1. The van der Waals surface area contributed by atoms with E-state index in [1.54, 1.807) is 25.9 Å². The molecule has 0 spiro atoms. The summed E-state index contributed by atoms with van der Waals surface area (Å²) in [4.78, 5) is 15.0. The van der Waals surface area contributed by atoms with Gasteiger partial charge in [-0.2, -0.15) is 0 Å². The Bertz CT molecular complexity index is 473. The van der Waals surface area contributed by atoms with E-state index in [0.717, 1.165) is 4.90 Å². The molecule has 0 amide bonds. The van der Waals surface area contributed by atoms with E-state index in [4.69, 9.17) is 0 Å². The van der Waals surface area contributed by atoms with Crippen molar-refractivity contribution in [2.24, 2.45) is 0 Å². The normalized spacial score (nSPS) is 18.8. The highest BCUT2D eigenvalue weighted by Crippen LogP contribution is 2.41. The van der Waals surface area contributed by atoms with Crippen LogP contribution in [-0.2, 0) is 4.79 Å². The van der Waals surface area contributed by atoms with Crippen LogP contribution in [0.15, 0.2) is 29.2 Å². The maximum absolute atomic E-state index is 12.9. The zero-order valence-corrected chi connectivity index (χ0v) is 12.6. The number of Topliss-reactive ketones (excluding diaryl/α,β-unsaturated/α-hetero) is 1. The van der Waals surface area contributed by atoms with Gasteiger partial charge in [-0.1, -0.05) is 0 Å². The molecule has 3 nitrogen and oxygen atoms in total. The van der Waals surface area contributed by atoms with Gasteiger partial charge in [0.1, 0.15) is 11.6 Å². The monoisotopic (exact) mass is 295 g/mol. The molecule has 108 valence electrons. The van der Waals surface area contributed by atoms with Crippen LogP contribution in [0.5, 0.6) is 0 Å². The lowest BCUT2D eigenvalue weighted by Gasteiger charge is -2.40. The molecular weight excluding hydrogens is 276 g/mol. The Morgan fingerprint density at radius 3 is 2.35 bits per heavy atom. The Labute approximate surface area is 123 Å². The third-order valence-corrected chi connectivity index (χ3v) is 5.50. The van der Waals surface area contributed by atoms with Crippen molar-refractivity contribution in [3.8, 4) is 0 Å². The molecule has 1 saturated heterocycles. The lowest BCUT2D eigenvalue weighted by molar-refractivity contribution is -0.120. The van der Waals surface area contributed by atoms with E-state index in [1.807, 2.05) is 4.81 Å². The van der Waals surface area contributed by atoms with Gasteiger partial charge in [-0.3, -0.25) is 4.79 Å². The third kappa shape index (κ3) is 3.43. The van der Waals surface area contributed by atoms with Crippen LogP contribution in [0.4, 0.5) is 4.39 Å². The summed E-state index contributed by atoms with van der Waals surface area (Å²) in [6.07, 6.45) is 1.41. The van der Waals surface area contributed by atoms with Gasteiger partial charge in [0.2, 0.25) is 0 Å². The van der Waals surface area contributed by atoms with E-state index in [1.165, 1.54) is 23.9 Å². The molecule has 0 unspecified atom stereocenters. The highest BCUT2D eigenvalue weighted by molar-refractivity contribution is 8.01. The number of halogens is 1. The van der Waals surface area contributed by atoms with E-state index < -0.39 is 11.8 Å². The number of hydrogen-bond donors (Lipinski definition) is 1. The van der Waals surface area contributed by atoms with Gasteiger partial charge in [0, 0.05) is 4.90 Å². The fourth-order valence-electron chi connectivity index (χ4n) is 2.51. The van der Waals surface area contributed by atoms with Crippen LogP contribution in [0.25, 0.3) is 0 Å². The Balaban J connectivity index is 2.12. The first-order chi connectivity index (χ1) is 9.43. The molecule has 0 atom stereocenters. The number of piperidine rings is 1. The quantitative estimate of drug-likeness (QED) is 0.866. The van der Waals surface area contributed by atoms with Gasteiger partial charge in [0.25, 0.3) is 0 Å². The third-order valence-electron chi connectivity index (χ3n) is 3.90. The lowest BCUT2D eigenvalue weighted by atomic mass is 9.80. The van der Waals surface area contributed by atoms with Crippen molar-refractivity contribution < 1.29 is 14.2 Å². The van der Waals surface area contributed by atoms with E-state index in [0.29, 0.717) is 25.9 Å². The highest BCUT2D eigenvalue weighted by atomic mass is 32.2. The van der Waals surface area contributed by atoms with Crippen LogP contribution in [-0.4, -0.2) is 40.5 Å². The number of carbonyl (C=O) groups is 1. The Morgan fingerprint density at radius 1 is 1.35 bits per heavy atom. The van der Waals surface area contributed by atoms with Crippen LogP contribution < -0.4 is 0 Å². The Morgan fingerprint density at radius 2 is 1.90 bits per heavy atom. The van der Waals surface area contributed by atoms with Gasteiger partial charge in [-0.05, 0) is 63.9 Å². The predicted molar refractivity (Wildman–Crippen MR) is 80.3 cm³/mol. The summed E-state index contributed by atoms with van der Waals surface area (Å²) < 4.78 is 12.5. The second-order valence-electron chi connectivity index (χ2n) is 5.27. The maximum atomic E-state index is 12.9. The molecule has 1 aromatic rings. The van der Waals surface area contributed by atoms with Crippen molar-refractivity contribution in [1.29, 1.82) is 0 Å². The zero-order valence-electron chi connectivity index (χ0n) is 11.8. The molecule has 0 radical (unpaired) electrons. The molecule has 1 N–H and O–H groups in total. The molecule has 20 heavy (non-hydrogen) atoms. The Kier molecular flexibility index (Phi) is 4.88. The van der Waals surface area contributed by atoms with Crippen LogP contribution >= 0.6 is 11.8 Å². The van der Waals surface area contributed by atoms with E-state index in [9.17, 15) is 14.2 Å². The Hall–Kier alpha value is -0.845. The summed E-state index contributed by atoms with van der Waals surface area (Å²) in [5.74, 6) is -0.118. The van der Waals surface area contributed by atoms with Gasteiger partial charge < -0.3 is 9.83 Å². The van der Waals surface area contributed by atoms with Gasteiger partial charge in [0.05, 0.1) is 4.75 Å². The molecular formula is C14H19BFNO2S. The molecule has 0 bridgehead atoms. The van der Waals surface area contributed by atoms with Gasteiger partial charge in [-0.15, -0.1) is 11.8 Å². The SMILES string of the molecule is CB(O)N1CCC(Sc2ccc(F)cc2)(C(C)=O)CC1. The number of thioether (sulfide) groups is 1. The number of rotatable bonds is 4. The van der Waals surface area contributed by atoms with E-state index in [-0.39, 0.29) is 11.6 Å². The van der Waals surface area contributed by atoms with Gasteiger partial charge >= 0.3 is 7.05 Å². The second kappa shape index (κ2) is 6.29. The van der Waals surface area contributed by atoms with Gasteiger partial charge in [-0.25, -0.2) is 4.39 Å². The fourth-order valence-corrected chi connectivity index (χ4v) is 3.77. The lowest BCUT2D eigenvalue weighted by Crippen LogP contribution is -2.50. The summed E-state index contributed by atoms with van der Waals surface area (Å²) in [6, 6.07) is 6.26. The van der Waals surface area contributed by atoms with Crippen LogP contribution in [0.2, 0.25) is 6.82 Å². The minimum Gasteiger partial charge on any atom is -0.437 e. The minimum atomic E-state index is -0.476. The van der Waals surface area contributed by atoms with Crippen LogP contribution in [0, 0.1) is 5.82 Å². The van der Waals surface area contributed by atoms with E-state index >= 15 is 0 Å². The molecule has 2 rings (SSSR count). The van der Waals surface area contributed by atoms with Crippen molar-refractivity contribution in [3.63, 3.8) is 0 Å². The van der Waals surface area contributed by atoms with Crippen molar-refractivity contribution in [2.45, 2.75) is 36.2 Å². The molecule has 1 aliphatic rings. The zero-order chi connectivity index (χ0) is 14.8. The highest BCUT2D eigenvalue weighted by Gasteiger charge is 2.40. The first-order valence-corrected chi connectivity index (χ1v) is 7.62. The van der Waals surface area contributed by atoms with Crippen LogP contribution in [0.1, 0.15) is 19.8 Å². The molecule has 0 saturated carbocycles. The topological polar surface area (TPSA) is 40.5 Å². The molecule has 1 fully saturated rings. The van der Waals surface area contributed by atoms with Gasteiger partial charge in [0.15, 0.2) is 0 Å². The standard InChI is InChI=1S/C14H19BFNO2S/c1-11(18)14(7-9-17(10-8-14)15(2)19)20-13-5-3-12(16)4-6-13/h3-6,19H,7-10H2,1-2H3. The average Bonchev–Trinajstić information content (AvgIpc) is 2.42. The summed E-state index contributed by atoms with van der Waals surface area (Å²) in [5.41, 5.74) is 0. The summed E-state index contributed by atoms with van der Waals surface area (Å²) in [7, 11) is -0.476. The van der Waals surface area contributed by atoms with Crippen LogP contribution in [0.3, 0.4) is 0 Å². The average molecular weight is 295 g/mol. The smallest absolute Gasteiger partial charge is 0.376 e. The number of ketones is 1.